The van der Waals surface area contributed by atoms with Crippen LogP contribution in [0.5, 0.6) is 0 Å². The van der Waals surface area contributed by atoms with Crippen LogP contribution in [-0.4, -0.2) is 39.3 Å². The normalized spacial score (nSPS) is 11.4. The highest BCUT2D eigenvalue weighted by molar-refractivity contribution is 6.02. The van der Waals surface area contributed by atoms with Gasteiger partial charge in [0.2, 0.25) is 0 Å². The Labute approximate surface area is 147 Å². The molecular weight excluding hydrogens is 330 g/mol. The molecule has 0 aliphatic rings. The van der Waals surface area contributed by atoms with Gasteiger partial charge < -0.3 is 5.73 Å². The average molecular weight is 343 g/mol. The maximum Gasteiger partial charge on any atom is 0.155 e. The zero-order valence-electron chi connectivity index (χ0n) is 13.8. The van der Waals surface area contributed by atoms with Gasteiger partial charge in [-0.25, -0.2) is 19.5 Å². The van der Waals surface area contributed by atoms with Crippen LogP contribution in [0.15, 0.2) is 49.3 Å². The molecule has 0 saturated carbocycles. The van der Waals surface area contributed by atoms with E-state index < -0.39 is 0 Å². The van der Waals surface area contributed by atoms with Gasteiger partial charge in [-0.1, -0.05) is 0 Å². The summed E-state index contributed by atoms with van der Waals surface area (Å²) >= 11 is 0. The standard InChI is InChI=1S/C17H13N9/c1-25-7-4-11(24-25)14-13(10-2-3-12-21-9-22-26(12)8-10)15-16(17(18)23-14)20-6-5-19-15/h2-9H,1H3,(H2,18,23). The summed E-state index contributed by atoms with van der Waals surface area (Å²) < 4.78 is 3.43. The van der Waals surface area contributed by atoms with Crippen LogP contribution in [0.4, 0.5) is 5.82 Å². The van der Waals surface area contributed by atoms with Crippen molar-refractivity contribution in [3.05, 3.63) is 49.3 Å². The Bertz CT molecular complexity index is 1270. The van der Waals surface area contributed by atoms with Crippen LogP contribution in [-0.2, 0) is 7.05 Å². The first-order chi connectivity index (χ1) is 12.7. The van der Waals surface area contributed by atoms with E-state index >= 15 is 0 Å². The number of nitrogens with two attached hydrogens (primary N) is 1. The Hall–Kier alpha value is -3.88. The van der Waals surface area contributed by atoms with Gasteiger partial charge in [-0.15, -0.1) is 0 Å². The second-order valence-electron chi connectivity index (χ2n) is 5.83. The highest BCUT2D eigenvalue weighted by atomic mass is 15.3. The van der Waals surface area contributed by atoms with Gasteiger partial charge in [0.1, 0.15) is 28.7 Å². The third kappa shape index (κ3) is 2.10. The van der Waals surface area contributed by atoms with Crippen molar-refractivity contribution in [1.82, 2.24) is 39.3 Å². The number of hydrogen-bond acceptors (Lipinski definition) is 7. The number of rotatable bonds is 2. The minimum Gasteiger partial charge on any atom is -0.382 e. The summed E-state index contributed by atoms with van der Waals surface area (Å²) in [5.74, 6) is 0.319. The van der Waals surface area contributed by atoms with Gasteiger partial charge in [0.25, 0.3) is 0 Å². The van der Waals surface area contributed by atoms with Crippen LogP contribution in [0.3, 0.4) is 0 Å². The molecule has 0 unspecified atom stereocenters. The van der Waals surface area contributed by atoms with Gasteiger partial charge in [0.05, 0.1) is 0 Å². The average Bonchev–Trinajstić information content (AvgIpc) is 3.30. The third-order valence-electron chi connectivity index (χ3n) is 4.17. The molecule has 5 heterocycles. The number of pyridine rings is 2. The monoisotopic (exact) mass is 343 g/mol. The van der Waals surface area contributed by atoms with E-state index in [1.807, 2.05) is 37.6 Å². The zero-order chi connectivity index (χ0) is 17.7. The Morgan fingerprint density at radius 3 is 2.65 bits per heavy atom. The van der Waals surface area contributed by atoms with Crippen LogP contribution in [0.1, 0.15) is 0 Å². The minimum absolute atomic E-state index is 0.319. The van der Waals surface area contributed by atoms with Gasteiger partial charge in [0.15, 0.2) is 11.5 Å². The first-order valence-corrected chi connectivity index (χ1v) is 7.91. The molecule has 9 nitrogen and oxygen atoms in total. The van der Waals surface area contributed by atoms with Gasteiger partial charge >= 0.3 is 0 Å². The molecule has 0 aliphatic carbocycles. The smallest absolute Gasteiger partial charge is 0.155 e. The zero-order valence-corrected chi connectivity index (χ0v) is 13.8. The van der Waals surface area contributed by atoms with Crippen molar-refractivity contribution >= 4 is 22.5 Å². The van der Waals surface area contributed by atoms with Crippen molar-refractivity contribution in [2.45, 2.75) is 0 Å². The highest BCUT2D eigenvalue weighted by Gasteiger charge is 2.19. The van der Waals surface area contributed by atoms with Crippen molar-refractivity contribution in [3.8, 4) is 22.5 Å². The molecule has 5 aromatic rings. The first kappa shape index (κ1) is 14.5. The molecule has 0 aliphatic heterocycles. The molecule has 5 rings (SSSR count). The predicted molar refractivity (Wildman–Crippen MR) is 95.9 cm³/mol. The quantitative estimate of drug-likeness (QED) is 0.519. The topological polar surface area (TPSA) is 113 Å². The number of anilines is 1. The van der Waals surface area contributed by atoms with Crippen LogP contribution >= 0.6 is 0 Å². The molecule has 0 spiro atoms. The Balaban J connectivity index is 1.90. The molecule has 0 saturated heterocycles. The van der Waals surface area contributed by atoms with Crippen LogP contribution < -0.4 is 5.73 Å². The molecule has 0 radical (unpaired) electrons. The molecule has 5 aromatic heterocycles. The summed E-state index contributed by atoms with van der Waals surface area (Å²) in [6.07, 6.45) is 8.50. The lowest BCUT2D eigenvalue weighted by molar-refractivity contribution is 0.770. The molecule has 0 amide bonds. The molecule has 9 heteroatoms. The van der Waals surface area contributed by atoms with Gasteiger partial charge in [-0.3, -0.25) is 9.67 Å². The summed E-state index contributed by atoms with van der Waals surface area (Å²) in [5, 5.41) is 8.70. The fourth-order valence-corrected chi connectivity index (χ4v) is 3.01. The molecular formula is C17H13N9. The molecule has 0 aromatic carbocycles. The summed E-state index contributed by atoms with van der Waals surface area (Å²) in [6.45, 7) is 0. The van der Waals surface area contributed by atoms with Crippen molar-refractivity contribution in [3.63, 3.8) is 0 Å². The van der Waals surface area contributed by atoms with Crippen molar-refractivity contribution in [1.29, 1.82) is 0 Å². The van der Waals surface area contributed by atoms with Crippen molar-refractivity contribution in [2.24, 2.45) is 7.05 Å². The summed E-state index contributed by atoms with van der Waals surface area (Å²) in [7, 11) is 1.86. The largest absolute Gasteiger partial charge is 0.382 e. The predicted octanol–water partition coefficient (Wildman–Crippen LogP) is 1.72. The number of hydrogen-bond donors (Lipinski definition) is 1. The number of nitrogen functional groups attached to an aromatic ring is 1. The number of fused-ring (bicyclic) bond motifs is 2. The van der Waals surface area contributed by atoms with E-state index in [2.05, 4.69) is 30.1 Å². The van der Waals surface area contributed by atoms with Crippen molar-refractivity contribution < 1.29 is 0 Å². The van der Waals surface area contributed by atoms with Crippen LogP contribution in [0, 0.1) is 0 Å². The third-order valence-corrected chi connectivity index (χ3v) is 4.17. The SMILES string of the molecule is Cn1ccc(-c2nc(N)c3nccnc3c2-c2ccc3ncnn3c2)n1. The lowest BCUT2D eigenvalue weighted by Gasteiger charge is -2.12. The van der Waals surface area contributed by atoms with Gasteiger partial charge in [-0.05, 0) is 18.2 Å². The molecule has 126 valence electrons. The first-order valence-electron chi connectivity index (χ1n) is 7.91. The molecule has 0 bridgehead atoms. The number of aryl methyl sites for hydroxylation is 1. The van der Waals surface area contributed by atoms with E-state index in [-0.39, 0.29) is 0 Å². The van der Waals surface area contributed by atoms with E-state index in [4.69, 9.17) is 5.73 Å². The highest BCUT2D eigenvalue weighted by Crippen LogP contribution is 2.36. The van der Waals surface area contributed by atoms with Gasteiger partial charge in [-0.2, -0.15) is 10.2 Å². The summed E-state index contributed by atoms with van der Waals surface area (Å²) in [4.78, 5) is 17.6. The second kappa shape index (κ2) is 5.31. The summed E-state index contributed by atoms with van der Waals surface area (Å²) in [5.41, 5.74) is 11.2. The molecule has 0 fully saturated rings. The molecule has 2 N–H and O–H groups in total. The van der Waals surface area contributed by atoms with E-state index in [1.54, 1.807) is 21.6 Å². The van der Waals surface area contributed by atoms with E-state index in [1.165, 1.54) is 6.33 Å². The lowest BCUT2D eigenvalue weighted by atomic mass is 10.0. The molecule has 0 atom stereocenters. The van der Waals surface area contributed by atoms with E-state index in [9.17, 15) is 0 Å². The Morgan fingerprint density at radius 2 is 1.85 bits per heavy atom. The lowest BCUT2D eigenvalue weighted by Crippen LogP contribution is -2.02. The van der Waals surface area contributed by atoms with Gasteiger partial charge in [0, 0.05) is 43.0 Å². The molecule has 26 heavy (non-hydrogen) atoms. The Morgan fingerprint density at radius 1 is 1.00 bits per heavy atom. The van der Waals surface area contributed by atoms with E-state index in [0.717, 1.165) is 16.8 Å². The number of aromatic nitrogens is 8. The maximum atomic E-state index is 6.15. The number of nitrogens with zero attached hydrogens (tertiary/aromatic N) is 8. The fourth-order valence-electron chi connectivity index (χ4n) is 3.01. The summed E-state index contributed by atoms with van der Waals surface area (Å²) in [6, 6.07) is 5.74. The second-order valence-corrected chi connectivity index (χ2v) is 5.83. The Kier molecular flexibility index (Phi) is 2.95. The van der Waals surface area contributed by atoms with Crippen LogP contribution in [0.25, 0.3) is 39.2 Å². The van der Waals surface area contributed by atoms with Crippen LogP contribution in [0.2, 0.25) is 0 Å². The fraction of sp³-hybridized carbons (Fsp3) is 0.0588. The van der Waals surface area contributed by atoms with Crippen molar-refractivity contribution in [2.75, 3.05) is 5.73 Å². The minimum atomic E-state index is 0.319. The maximum absolute atomic E-state index is 6.15. The van der Waals surface area contributed by atoms with E-state index in [0.29, 0.717) is 28.2 Å².